The molecule has 7 nitrogen and oxygen atoms in total. The summed E-state index contributed by atoms with van der Waals surface area (Å²) in [7, 11) is 1.29. The van der Waals surface area contributed by atoms with Crippen molar-refractivity contribution < 1.29 is 14.3 Å². The largest absolute Gasteiger partial charge is 0.469 e. The summed E-state index contributed by atoms with van der Waals surface area (Å²) in [6.07, 6.45) is -0.00530. The molecule has 0 aliphatic heterocycles. The fraction of sp³-hybridized carbons (Fsp3) is 0.250. The molecule has 1 amide bonds. The molecule has 1 aromatic heterocycles. The van der Waals surface area contributed by atoms with Gasteiger partial charge in [-0.15, -0.1) is 0 Å². The Balaban J connectivity index is 2.21. The molecular formula is C16H17N3O4. The van der Waals surface area contributed by atoms with E-state index in [9.17, 15) is 14.4 Å². The molecule has 1 heterocycles. The first kappa shape index (κ1) is 16.4. The van der Waals surface area contributed by atoms with Crippen LogP contribution in [0.5, 0.6) is 0 Å². The minimum atomic E-state index is -0.552. The lowest BCUT2D eigenvalue weighted by Gasteiger charge is -2.18. The maximum absolute atomic E-state index is 12.2. The van der Waals surface area contributed by atoms with Gasteiger partial charge >= 0.3 is 5.97 Å². The van der Waals surface area contributed by atoms with Crippen LogP contribution in [0.3, 0.4) is 0 Å². The predicted octanol–water partition coefficient (Wildman–Crippen LogP) is 1.11. The number of carbonyl (C=O) groups excluding carboxylic acids is 2. The zero-order valence-electron chi connectivity index (χ0n) is 12.8. The number of rotatable bonds is 5. The fourth-order valence-electron chi connectivity index (χ4n) is 2.00. The highest BCUT2D eigenvalue weighted by Gasteiger charge is 2.20. The first-order valence-electron chi connectivity index (χ1n) is 6.99. The summed E-state index contributed by atoms with van der Waals surface area (Å²) in [4.78, 5) is 34.8. The fourth-order valence-corrected chi connectivity index (χ4v) is 2.00. The smallest absolute Gasteiger partial charge is 0.307 e. The SMILES string of the molecule is COC(=O)C[C@H](NC(=O)c1ccc(=O)[nH]n1)c1ccc(C)cc1. The summed E-state index contributed by atoms with van der Waals surface area (Å²) in [6, 6.07) is 9.44. The molecule has 1 atom stereocenters. The highest BCUT2D eigenvalue weighted by atomic mass is 16.5. The van der Waals surface area contributed by atoms with Gasteiger partial charge in [0.15, 0.2) is 0 Å². The van der Waals surface area contributed by atoms with Crippen LogP contribution in [0.25, 0.3) is 0 Å². The predicted molar refractivity (Wildman–Crippen MR) is 82.9 cm³/mol. The summed E-state index contributed by atoms with van der Waals surface area (Å²) in [5.41, 5.74) is 1.51. The van der Waals surface area contributed by atoms with E-state index in [1.165, 1.54) is 19.2 Å². The Morgan fingerprint density at radius 1 is 1.22 bits per heavy atom. The molecule has 0 saturated carbocycles. The standard InChI is InChI=1S/C16H17N3O4/c1-10-3-5-11(6-4-10)13(9-15(21)23-2)17-16(22)12-7-8-14(20)19-18-12/h3-8,13H,9H2,1-2H3,(H,17,22)(H,19,20)/t13-/m0/s1. The van der Waals surface area contributed by atoms with Crippen molar-refractivity contribution in [3.05, 3.63) is 63.6 Å². The van der Waals surface area contributed by atoms with Crippen molar-refractivity contribution in [2.75, 3.05) is 7.11 Å². The van der Waals surface area contributed by atoms with Crippen molar-refractivity contribution in [1.82, 2.24) is 15.5 Å². The maximum atomic E-state index is 12.2. The molecule has 23 heavy (non-hydrogen) atoms. The molecule has 0 fully saturated rings. The summed E-state index contributed by atoms with van der Waals surface area (Å²) < 4.78 is 4.68. The van der Waals surface area contributed by atoms with E-state index in [1.807, 2.05) is 31.2 Å². The van der Waals surface area contributed by atoms with Crippen LogP contribution in [0.15, 0.2) is 41.2 Å². The Hall–Kier alpha value is -2.96. The number of benzene rings is 1. The molecule has 1 aromatic carbocycles. The number of amides is 1. The average Bonchev–Trinajstić information content (AvgIpc) is 2.55. The third-order valence-electron chi connectivity index (χ3n) is 3.30. The number of nitrogens with zero attached hydrogens (tertiary/aromatic N) is 1. The number of ether oxygens (including phenoxy) is 1. The second-order valence-electron chi connectivity index (χ2n) is 5.02. The first-order chi connectivity index (χ1) is 11.0. The van der Waals surface area contributed by atoms with E-state index in [0.717, 1.165) is 11.1 Å². The molecule has 2 aromatic rings. The van der Waals surface area contributed by atoms with Gasteiger partial charge in [-0.1, -0.05) is 29.8 Å². The highest BCUT2D eigenvalue weighted by Crippen LogP contribution is 2.18. The van der Waals surface area contributed by atoms with Crippen molar-refractivity contribution >= 4 is 11.9 Å². The van der Waals surface area contributed by atoms with Crippen molar-refractivity contribution in [3.63, 3.8) is 0 Å². The number of aromatic nitrogens is 2. The molecular weight excluding hydrogens is 298 g/mol. The molecule has 0 aliphatic rings. The second kappa shape index (κ2) is 7.35. The van der Waals surface area contributed by atoms with Crippen LogP contribution in [0, 0.1) is 6.92 Å². The third kappa shape index (κ3) is 4.50. The van der Waals surface area contributed by atoms with Gasteiger partial charge in [0.25, 0.3) is 11.5 Å². The Bertz CT molecular complexity index is 732. The monoisotopic (exact) mass is 315 g/mol. The zero-order valence-corrected chi connectivity index (χ0v) is 12.8. The van der Waals surface area contributed by atoms with Crippen LogP contribution >= 0.6 is 0 Å². The van der Waals surface area contributed by atoms with Crippen LogP contribution in [0.2, 0.25) is 0 Å². The van der Waals surface area contributed by atoms with E-state index in [2.05, 4.69) is 20.3 Å². The summed E-state index contributed by atoms with van der Waals surface area (Å²) in [5, 5.41) is 8.60. The Labute approximate surface area is 132 Å². The zero-order chi connectivity index (χ0) is 16.8. The van der Waals surface area contributed by atoms with Gasteiger partial charge < -0.3 is 10.1 Å². The minimum Gasteiger partial charge on any atom is -0.469 e. The molecule has 120 valence electrons. The van der Waals surface area contributed by atoms with Crippen molar-refractivity contribution in [2.45, 2.75) is 19.4 Å². The Morgan fingerprint density at radius 2 is 1.91 bits per heavy atom. The number of methoxy groups -OCH3 is 1. The van der Waals surface area contributed by atoms with Crippen LogP contribution in [0.1, 0.15) is 34.1 Å². The van der Waals surface area contributed by atoms with Gasteiger partial charge in [-0.05, 0) is 18.6 Å². The number of hydrogen-bond donors (Lipinski definition) is 2. The van der Waals surface area contributed by atoms with Gasteiger partial charge in [0.1, 0.15) is 5.69 Å². The van der Waals surface area contributed by atoms with Crippen molar-refractivity contribution in [1.29, 1.82) is 0 Å². The number of esters is 1. The molecule has 0 saturated heterocycles. The van der Waals surface area contributed by atoms with Gasteiger partial charge in [-0.3, -0.25) is 14.4 Å². The van der Waals surface area contributed by atoms with E-state index in [1.54, 1.807) is 0 Å². The van der Waals surface area contributed by atoms with Crippen molar-refractivity contribution in [2.24, 2.45) is 0 Å². The van der Waals surface area contributed by atoms with Gasteiger partial charge in [0.2, 0.25) is 0 Å². The third-order valence-corrected chi connectivity index (χ3v) is 3.30. The Morgan fingerprint density at radius 3 is 2.48 bits per heavy atom. The number of aryl methyl sites for hydroxylation is 1. The molecule has 0 bridgehead atoms. The first-order valence-corrected chi connectivity index (χ1v) is 6.99. The van der Waals surface area contributed by atoms with E-state index in [-0.39, 0.29) is 12.1 Å². The van der Waals surface area contributed by atoms with Gasteiger partial charge in [-0.2, -0.15) is 5.10 Å². The topological polar surface area (TPSA) is 101 Å². The summed E-state index contributed by atoms with van der Waals surface area (Å²) in [5.74, 6) is -0.930. The van der Waals surface area contributed by atoms with Crippen LogP contribution < -0.4 is 10.9 Å². The molecule has 0 unspecified atom stereocenters. The van der Waals surface area contributed by atoms with Crippen LogP contribution in [-0.2, 0) is 9.53 Å². The summed E-state index contributed by atoms with van der Waals surface area (Å²) in [6.45, 7) is 1.95. The molecule has 0 aliphatic carbocycles. The molecule has 7 heteroatoms. The van der Waals surface area contributed by atoms with Gasteiger partial charge in [0, 0.05) is 6.07 Å². The second-order valence-corrected chi connectivity index (χ2v) is 5.02. The highest BCUT2D eigenvalue weighted by molar-refractivity contribution is 5.92. The lowest BCUT2D eigenvalue weighted by molar-refractivity contribution is -0.141. The quantitative estimate of drug-likeness (QED) is 0.805. The molecule has 0 radical (unpaired) electrons. The summed E-state index contributed by atoms with van der Waals surface area (Å²) >= 11 is 0. The number of aromatic amines is 1. The van der Waals surface area contributed by atoms with Gasteiger partial charge in [-0.25, -0.2) is 5.10 Å². The molecule has 2 rings (SSSR count). The van der Waals surface area contributed by atoms with Crippen molar-refractivity contribution in [3.8, 4) is 0 Å². The van der Waals surface area contributed by atoms with Crippen LogP contribution in [-0.4, -0.2) is 29.2 Å². The van der Waals surface area contributed by atoms with Gasteiger partial charge in [0.05, 0.1) is 19.6 Å². The maximum Gasteiger partial charge on any atom is 0.307 e. The number of H-pyrrole nitrogens is 1. The van der Waals surface area contributed by atoms with E-state index < -0.39 is 23.5 Å². The number of nitrogens with one attached hydrogen (secondary N) is 2. The number of carbonyl (C=O) groups is 2. The van der Waals surface area contributed by atoms with E-state index in [4.69, 9.17) is 0 Å². The lowest BCUT2D eigenvalue weighted by Crippen LogP contribution is -2.31. The van der Waals surface area contributed by atoms with E-state index >= 15 is 0 Å². The normalized spacial score (nSPS) is 11.6. The van der Waals surface area contributed by atoms with E-state index in [0.29, 0.717) is 0 Å². The molecule has 0 spiro atoms. The molecule has 2 N–H and O–H groups in total. The lowest BCUT2D eigenvalue weighted by atomic mass is 10.0. The van der Waals surface area contributed by atoms with Crippen LogP contribution in [0.4, 0.5) is 0 Å². The number of hydrogen-bond acceptors (Lipinski definition) is 5. The Kier molecular flexibility index (Phi) is 5.24. The minimum absolute atomic E-state index is 0.00530. The average molecular weight is 315 g/mol.